The molecule has 0 aliphatic carbocycles. The summed E-state index contributed by atoms with van der Waals surface area (Å²) in [7, 11) is 0. The number of pyridine rings is 1. The molecule has 0 fully saturated rings. The second-order valence-electron chi connectivity index (χ2n) is 5.07. The summed E-state index contributed by atoms with van der Waals surface area (Å²) in [5.41, 5.74) is -0.672. The Kier molecular flexibility index (Phi) is 2.06. The molecule has 0 N–H and O–H groups in total. The van der Waals surface area contributed by atoms with E-state index in [2.05, 4.69) is 0 Å². The molecule has 5 heteroatoms. The molecule has 1 aliphatic heterocycles. The van der Waals surface area contributed by atoms with Crippen LogP contribution in [0.3, 0.4) is 0 Å². The highest BCUT2D eigenvalue weighted by Crippen LogP contribution is 2.36. The SMILES string of the molecule is CC1(C)Cn2ccc(=O)c3cc(F)c(F)c(c32)O1. The topological polar surface area (TPSA) is 31.2 Å². The summed E-state index contributed by atoms with van der Waals surface area (Å²) in [6, 6.07) is 2.28. The van der Waals surface area contributed by atoms with E-state index in [-0.39, 0.29) is 16.6 Å². The van der Waals surface area contributed by atoms with Crippen molar-refractivity contribution in [3.8, 4) is 5.75 Å². The lowest BCUT2D eigenvalue weighted by Gasteiger charge is -2.34. The predicted molar refractivity (Wildman–Crippen MR) is 62.8 cm³/mol. The van der Waals surface area contributed by atoms with Gasteiger partial charge in [-0.25, -0.2) is 4.39 Å². The van der Waals surface area contributed by atoms with Crippen LogP contribution in [-0.4, -0.2) is 10.2 Å². The smallest absolute Gasteiger partial charge is 0.202 e. The lowest BCUT2D eigenvalue weighted by atomic mass is 10.1. The standard InChI is InChI=1S/C13H11F2NO2/c1-13(2)6-16-4-3-9(17)7-5-8(14)10(15)12(18-13)11(7)16/h3-5H,6H2,1-2H3. The molecule has 0 amide bonds. The molecule has 3 nitrogen and oxygen atoms in total. The largest absolute Gasteiger partial charge is 0.481 e. The van der Waals surface area contributed by atoms with E-state index in [0.717, 1.165) is 6.07 Å². The molecule has 1 aliphatic rings. The monoisotopic (exact) mass is 251 g/mol. The second-order valence-corrected chi connectivity index (χ2v) is 5.07. The van der Waals surface area contributed by atoms with Gasteiger partial charge in [-0.3, -0.25) is 4.79 Å². The van der Waals surface area contributed by atoms with Crippen LogP contribution in [0.4, 0.5) is 8.78 Å². The Morgan fingerprint density at radius 1 is 1.39 bits per heavy atom. The van der Waals surface area contributed by atoms with Crippen molar-refractivity contribution in [2.24, 2.45) is 0 Å². The van der Waals surface area contributed by atoms with Crippen LogP contribution in [0.15, 0.2) is 23.1 Å². The van der Waals surface area contributed by atoms with Gasteiger partial charge in [0.05, 0.1) is 17.4 Å². The van der Waals surface area contributed by atoms with Crippen molar-refractivity contribution >= 4 is 10.9 Å². The van der Waals surface area contributed by atoms with Gasteiger partial charge in [-0.1, -0.05) is 0 Å². The molecule has 0 unspecified atom stereocenters. The van der Waals surface area contributed by atoms with Gasteiger partial charge in [-0.2, -0.15) is 4.39 Å². The minimum Gasteiger partial charge on any atom is -0.481 e. The van der Waals surface area contributed by atoms with Crippen LogP contribution in [0.5, 0.6) is 5.75 Å². The van der Waals surface area contributed by atoms with E-state index in [0.29, 0.717) is 12.1 Å². The first-order valence-electron chi connectivity index (χ1n) is 5.59. The summed E-state index contributed by atoms with van der Waals surface area (Å²) in [4.78, 5) is 11.7. The van der Waals surface area contributed by atoms with Crippen LogP contribution >= 0.6 is 0 Å². The molecule has 1 aromatic carbocycles. The number of hydrogen-bond acceptors (Lipinski definition) is 2. The highest BCUT2D eigenvalue weighted by molar-refractivity contribution is 5.85. The van der Waals surface area contributed by atoms with Gasteiger partial charge in [0.25, 0.3) is 0 Å². The van der Waals surface area contributed by atoms with Gasteiger partial charge in [-0.15, -0.1) is 0 Å². The van der Waals surface area contributed by atoms with Gasteiger partial charge < -0.3 is 9.30 Å². The Labute approximate surface area is 102 Å². The fourth-order valence-electron chi connectivity index (χ4n) is 2.33. The number of benzene rings is 1. The number of rotatable bonds is 0. The third-order valence-corrected chi connectivity index (χ3v) is 3.04. The Hall–Kier alpha value is -1.91. The molecule has 94 valence electrons. The Bertz CT molecular complexity index is 719. The van der Waals surface area contributed by atoms with Crippen molar-refractivity contribution in [3.63, 3.8) is 0 Å². The highest BCUT2D eigenvalue weighted by Gasteiger charge is 2.31. The van der Waals surface area contributed by atoms with E-state index >= 15 is 0 Å². The third-order valence-electron chi connectivity index (χ3n) is 3.04. The van der Waals surface area contributed by atoms with Crippen LogP contribution in [0.25, 0.3) is 10.9 Å². The average Bonchev–Trinajstić information content (AvgIpc) is 2.28. The normalized spacial score (nSPS) is 16.7. The minimum atomic E-state index is -1.06. The Balaban J connectivity index is 2.51. The van der Waals surface area contributed by atoms with E-state index in [1.165, 1.54) is 6.07 Å². The first-order valence-corrected chi connectivity index (χ1v) is 5.59. The Morgan fingerprint density at radius 2 is 2.11 bits per heavy atom. The molecule has 0 bridgehead atoms. The average molecular weight is 251 g/mol. The first-order chi connectivity index (χ1) is 8.39. The van der Waals surface area contributed by atoms with Crippen molar-refractivity contribution < 1.29 is 13.5 Å². The number of halogens is 2. The summed E-state index contributed by atoms with van der Waals surface area (Å²) in [5.74, 6) is -2.29. The number of hydrogen-bond donors (Lipinski definition) is 0. The van der Waals surface area contributed by atoms with Gasteiger partial charge in [0, 0.05) is 12.3 Å². The van der Waals surface area contributed by atoms with Crippen LogP contribution in [0, 0.1) is 11.6 Å². The summed E-state index contributed by atoms with van der Waals surface area (Å²) in [5, 5.41) is 0.141. The van der Waals surface area contributed by atoms with Gasteiger partial charge in [0.2, 0.25) is 5.82 Å². The molecular formula is C13H11F2NO2. The van der Waals surface area contributed by atoms with E-state index in [4.69, 9.17) is 4.74 Å². The quantitative estimate of drug-likeness (QED) is 0.720. The molecule has 18 heavy (non-hydrogen) atoms. The fraction of sp³-hybridized carbons (Fsp3) is 0.308. The maximum atomic E-state index is 13.8. The number of nitrogens with zero attached hydrogens (tertiary/aromatic N) is 1. The molecular weight excluding hydrogens is 240 g/mol. The van der Waals surface area contributed by atoms with Crippen molar-refractivity contribution in [1.82, 2.24) is 4.57 Å². The fourth-order valence-corrected chi connectivity index (χ4v) is 2.33. The van der Waals surface area contributed by atoms with E-state index < -0.39 is 17.2 Å². The molecule has 1 aromatic heterocycles. The van der Waals surface area contributed by atoms with Gasteiger partial charge in [0.1, 0.15) is 5.60 Å². The molecule has 2 aromatic rings. The second kappa shape index (κ2) is 3.31. The van der Waals surface area contributed by atoms with Crippen LogP contribution in [-0.2, 0) is 6.54 Å². The van der Waals surface area contributed by atoms with Crippen molar-refractivity contribution in [2.45, 2.75) is 26.0 Å². The lowest BCUT2D eigenvalue weighted by Crippen LogP contribution is -2.38. The summed E-state index contributed by atoms with van der Waals surface area (Å²) in [6.45, 7) is 4.04. The van der Waals surface area contributed by atoms with Crippen LogP contribution in [0.1, 0.15) is 13.8 Å². The van der Waals surface area contributed by atoms with Crippen molar-refractivity contribution in [2.75, 3.05) is 0 Å². The third kappa shape index (κ3) is 1.43. The highest BCUT2D eigenvalue weighted by atomic mass is 19.2. The zero-order valence-electron chi connectivity index (χ0n) is 9.96. The molecule has 0 spiro atoms. The molecule has 3 rings (SSSR count). The zero-order valence-corrected chi connectivity index (χ0v) is 9.96. The summed E-state index contributed by atoms with van der Waals surface area (Å²) >= 11 is 0. The van der Waals surface area contributed by atoms with E-state index in [9.17, 15) is 13.6 Å². The number of ether oxygens (including phenoxy) is 1. The Morgan fingerprint density at radius 3 is 2.83 bits per heavy atom. The van der Waals surface area contributed by atoms with E-state index in [1.807, 2.05) is 0 Å². The lowest BCUT2D eigenvalue weighted by molar-refractivity contribution is 0.0749. The number of aromatic nitrogens is 1. The molecule has 0 atom stereocenters. The van der Waals surface area contributed by atoms with Crippen molar-refractivity contribution in [1.29, 1.82) is 0 Å². The minimum absolute atomic E-state index is 0.141. The molecule has 2 heterocycles. The van der Waals surface area contributed by atoms with E-state index in [1.54, 1.807) is 24.6 Å². The zero-order chi connectivity index (χ0) is 13.1. The maximum absolute atomic E-state index is 13.8. The maximum Gasteiger partial charge on any atom is 0.202 e. The molecule has 0 radical (unpaired) electrons. The summed E-state index contributed by atoms with van der Waals surface area (Å²) < 4.78 is 34.5. The van der Waals surface area contributed by atoms with Crippen LogP contribution in [0.2, 0.25) is 0 Å². The summed E-state index contributed by atoms with van der Waals surface area (Å²) in [6.07, 6.45) is 1.58. The van der Waals surface area contributed by atoms with Gasteiger partial charge in [-0.05, 0) is 19.9 Å². The molecule has 0 saturated heterocycles. The molecule has 0 saturated carbocycles. The van der Waals surface area contributed by atoms with Crippen LogP contribution < -0.4 is 10.2 Å². The first kappa shape index (κ1) is 11.2. The van der Waals surface area contributed by atoms with Gasteiger partial charge >= 0.3 is 0 Å². The predicted octanol–water partition coefficient (Wildman–Crippen LogP) is 2.45. The van der Waals surface area contributed by atoms with Crippen molar-refractivity contribution in [3.05, 3.63) is 40.2 Å². The van der Waals surface area contributed by atoms with Gasteiger partial charge in [0.15, 0.2) is 17.0 Å².